The molecule has 8 nitrogen and oxygen atoms in total. The zero-order valence-corrected chi connectivity index (χ0v) is 20.2. The van der Waals surface area contributed by atoms with Gasteiger partial charge in [-0.15, -0.1) is 0 Å². The predicted molar refractivity (Wildman–Crippen MR) is 129 cm³/mol. The summed E-state index contributed by atoms with van der Waals surface area (Å²) in [5, 5.41) is 10.7. The fourth-order valence-corrected chi connectivity index (χ4v) is 4.70. The summed E-state index contributed by atoms with van der Waals surface area (Å²) in [6.07, 6.45) is 6.31. The highest BCUT2D eigenvalue weighted by Gasteiger charge is 2.32. The van der Waals surface area contributed by atoms with E-state index in [9.17, 15) is 13.5 Å². The molecule has 1 aromatic carbocycles. The second kappa shape index (κ2) is 9.42. The van der Waals surface area contributed by atoms with E-state index in [1.54, 1.807) is 6.20 Å². The second-order valence-electron chi connectivity index (χ2n) is 9.30. The average Bonchev–Trinajstić information content (AvgIpc) is 3.21. The van der Waals surface area contributed by atoms with E-state index in [1.807, 2.05) is 43.5 Å². The summed E-state index contributed by atoms with van der Waals surface area (Å²) in [7, 11) is -3.27. The van der Waals surface area contributed by atoms with Crippen LogP contribution in [0.4, 0.5) is 0 Å². The zero-order chi connectivity index (χ0) is 23.6. The van der Waals surface area contributed by atoms with Crippen molar-refractivity contribution in [3.63, 3.8) is 0 Å². The highest BCUT2D eigenvalue weighted by Crippen LogP contribution is 2.37. The van der Waals surface area contributed by atoms with Gasteiger partial charge in [-0.05, 0) is 43.0 Å². The molecule has 1 aliphatic rings. The number of ether oxygens (including phenoxy) is 1. The molecule has 0 spiro atoms. The first-order chi connectivity index (χ1) is 15.6. The summed E-state index contributed by atoms with van der Waals surface area (Å²) in [6, 6.07) is 9.68. The zero-order valence-electron chi connectivity index (χ0n) is 19.3. The molecule has 33 heavy (non-hydrogen) atoms. The number of fused-ring (bicyclic) bond motifs is 1. The first kappa shape index (κ1) is 23.7. The van der Waals surface area contributed by atoms with Crippen molar-refractivity contribution in [3.8, 4) is 16.9 Å². The van der Waals surface area contributed by atoms with Crippen molar-refractivity contribution in [1.82, 2.24) is 19.6 Å². The van der Waals surface area contributed by atoms with Gasteiger partial charge in [0.1, 0.15) is 17.6 Å². The first-order valence-corrected chi connectivity index (χ1v) is 13.1. The van der Waals surface area contributed by atoms with Gasteiger partial charge in [-0.2, -0.15) is 0 Å². The Hall–Kier alpha value is -2.46. The minimum Gasteiger partial charge on any atom is -0.492 e. The van der Waals surface area contributed by atoms with Gasteiger partial charge in [-0.25, -0.2) is 18.1 Å². The van der Waals surface area contributed by atoms with E-state index >= 15 is 0 Å². The first-order valence-electron chi connectivity index (χ1n) is 11.2. The number of aliphatic hydroxyl groups excluding tert-OH is 1. The number of piperidine rings is 1. The Bertz CT molecular complexity index is 1210. The maximum atomic E-state index is 11.5. The van der Waals surface area contributed by atoms with Gasteiger partial charge in [0.15, 0.2) is 0 Å². The number of aromatic amines is 1. The smallest absolute Gasteiger partial charge is 0.209 e. The molecule has 2 aromatic heterocycles. The lowest BCUT2D eigenvalue weighted by Crippen LogP contribution is -2.45. The van der Waals surface area contributed by atoms with Gasteiger partial charge < -0.3 is 14.8 Å². The monoisotopic (exact) mass is 472 g/mol. The number of nitrogens with one attached hydrogen (secondary N) is 2. The molecule has 0 saturated carbocycles. The number of H-pyrrole nitrogens is 1. The van der Waals surface area contributed by atoms with Gasteiger partial charge in [0.05, 0.1) is 18.2 Å². The lowest BCUT2D eigenvalue weighted by molar-refractivity contribution is -0.0287. The fourth-order valence-electron chi connectivity index (χ4n) is 4.27. The summed E-state index contributed by atoms with van der Waals surface area (Å²) >= 11 is 0. The highest BCUT2D eigenvalue weighted by molar-refractivity contribution is 7.88. The van der Waals surface area contributed by atoms with E-state index in [1.165, 1.54) is 0 Å². The quantitative estimate of drug-likeness (QED) is 0.465. The van der Waals surface area contributed by atoms with Crippen molar-refractivity contribution in [3.05, 3.63) is 48.3 Å². The van der Waals surface area contributed by atoms with Crippen LogP contribution in [-0.2, 0) is 16.6 Å². The third kappa shape index (κ3) is 5.73. The molecule has 178 valence electrons. The maximum Gasteiger partial charge on any atom is 0.209 e. The minimum atomic E-state index is -3.27. The molecule has 0 bridgehead atoms. The minimum absolute atomic E-state index is 0.0364. The third-order valence-corrected chi connectivity index (χ3v) is 7.09. The van der Waals surface area contributed by atoms with Crippen LogP contribution >= 0.6 is 0 Å². The van der Waals surface area contributed by atoms with E-state index in [2.05, 4.69) is 26.5 Å². The van der Waals surface area contributed by atoms with E-state index in [0.717, 1.165) is 65.7 Å². The summed E-state index contributed by atoms with van der Waals surface area (Å²) in [6.45, 7) is 6.58. The number of rotatable bonds is 8. The van der Waals surface area contributed by atoms with Crippen LogP contribution in [0.2, 0.25) is 0 Å². The fraction of sp³-hybridized carbons (Fsp3) is 0.458. The highest BCUT2D eigenvalue weighted by atomic mass is 32.2. The van der Waals surface area contributed by atoms with Crippen LogP contribution in [0, 0.1) is 5.41 Å². The van der Waals surface area contributed by atoms with Gasteiger partial charge >= 0.3 is 0 Å². The van der Waals surface area contributed by atoms with Crippen molar-refractivity contribution in [2.45, 2.75) is 39.5 Å². The largest absolute Gasteiger partial charge is 0.492 e. The number of benzene rings is 1. The number of aliphatic hydroxyl groups is 1. The third-order valence-electron chi connectivity index (χ3n) is 6.42. The number of pyridine rings is 1. The van der Waals surface area contributed by atoms with Crippen molar-refractivity contribution in [1.29, 1.82) is 0 Å². The molecule has 1 aliphatic heterocycles. The predicted octanol–water partition coefficient (Wildman–Crippen LogP) is 3.10. The molecule has 0 radical (unpaired) electrons. The molecule has 0 aliphatic carbocycles. The van der Waals surface area contributed by atoms with Crippen molar-refractivity contribution in [2.75, 3.05) is 26.0 Å². The van der Waals surface area contributed by atoms with E-state index in [0.29, 0.717) is 6.61 Å². The number of sulfonamides is 1. The summed E-state index contributed by atoms with van der Waals surface area (Å²) in [5.41, 5.74) is 3.58. The Morgan fingerprint density at radius 3 is 2.76 bits per heavy atom. The van der Waals surface area contributed by atoms with Gasteiger partial charge in [-0.3, -0.25) is 4.90 Å². The topological polar surface area (TPSA) is 108 Å². The van der Waals surface area contributed by atoms with Crippen LogP contribution in [0.3, 0.4) is 0 Å². The molecule has 1 fully saturated rings. The average molecular weight is 473 g/mol. The van der Waals surface area contributed by atoms with Crippen LogP contribution in [0.25, 0.3) is 22.2 Å². The molecule has 1 saturated heterocycles. The molecule has 1 unspecified atom stereocenters. The number of hydrogen-bond acceptors (Lipinski definition) is 6. The molecule has 1 atom stereocenters. The molecule has 3 N–H and O–H groups in total. The molecule has 3 heterocycles. The van der Waals surface area contributed by atoms with E-state index < -0.39 is 16.3 Å². The SMILES string of the molecule is CC(O)N1CCC(C)(COc2ccnc3[nH]cc(-c4cccc(CNS(C)(=O)=O)c4)c23)CC1. The van der Waals surface area contributed by atoms with Crippen LogP contribution < -0.4 is 9.46 Å². The normalized spacial score (nSPS) is 17.8. The Balaban J connectivity index is 1.56. The molecular formula is C24H32N4O4S. The standard InChI is InChI=1S/C24H32N4O4S/c1-17(29)28-11-8-24(2,9-12-28)16-32-21-7-10-25-23-22(21)20(15-26-23)19-6-4-5-18(13-19)14-27-33(3,30)31/h4-7,10,13,15,17,27,29H,8-9,11-12,14,16H2,1-3H3,(H,25,26). The molecule has 3 aromatic rings. The van der Waals surface area contributed by atoms with Crippen LogP contribution in [-0.4, -0.2) is 60.6 Å². The van der Waals surface area contributed by atoms with Crippen LogP contribution in [0.5, 0.6) is 5.75 Å². The summed E-state index contributed by atoms with van der Waals surface area (Å²) in [4.78, 5) is 9.78. The maximum absolute atomic E-state index is 11.5. The summed E-state index contributed by atoms with van der Waals surface area (Å²) < 4.78 is 31.8. The molecule has 4 rings (SSSR count). The van der Waals surface area contributed by atoms with Crippen LogP contribution in [0.1, 0.15) is 32.3 Å². The van der Waals surface area contributed by atoms with Crippen molar-refractivity contribution >= 4 is 21.1 Å². The Morgan fingerprint density at radius 1 is 1.30 bits per heavy atom. The van der Waals surface area contributed by atoms with E-state index in [-0.39, 0.29) is 12.0 Å². The number of nitrogens with zero attached hydrogens (tertiary/aromatic N) is 2. The number of likely N-dealkylation sites (tertiary alicyclic amines) is 1. The summed E-state index contributed by atoms with van der Waals surface area (Å²) in [5.74, 6) is 0.773. The lowest BCUT2D eigenvalue weighted by Gasteiger charge is -2.40. The lowest BCUT2D eigenvalue weighted by atomic mass is 9.81. The number of aromatic nitrogens is 2. The molecule has 9 heteroatoms. The molecule has 0 amide bonds. The van der Waals surface area contributed by atoms with E-state index in [4.69, 9.17) is 4.74 Å². The Morgan fingerprint density at radius 2 is 2.06 bits per heavy atom. The van der Waals surface area contributed by atoms with Crippen LogP contribution in [0.15, 0.2) is 42.7 Å². The number of hydrogen-bond donors (Lipinski definition) is 3. The van der Waals surface area contributed by atoms with Gasteiger partial charge in [0.25, 0.3) is 0 Å². The van der Waals surface area contributed by atoms with Gasteiger partial charge in [0, 0.05) is 43.0 Å². The van der Waals surface area contributed by atoms with Gasteiger partial charge in [0.2, 0.25) is 10.0 Å². The second-order valence-corrected chi connectivity index (χ2v) is 11.1. The Labute approximate surface area is 195 Å². The van der Waals surface area contributed by atoms with Crippen molar-refractivity contribution in [2.24, 2.45) is 5.41 Å². The van der Waals surface area contributed by atoms with Gasteiger partial charge in [-0.1, -0.05) is 25.1 Å². The van der Waals surface area contributed by atoms with Crippen molar-refractivity contribution < 1.29 is 18.3 Å². The molecular weight excluding hydrogens is 440 g/mol. The Kier molecular flexibility index (Phi) is 6.76.